The van der Waals surface area contributed by atoms with E-state index in [4.69, 9.17) is 0 Å². The number of para-hydroxylation sites is 1. The van der Waals surface area contributed by atoms with Crippen LogP contribution in [0.2, 0.25) is 0 Å². The number of amides is 1. The first kappa shape index (κ1) is 12.9. The van der Waals surface area contributed by atoms with Crippen LogP contribution in [0.15, 0.2) is 39.5 Å². The Morgan fingerprint density at radius 1 is 1.40 bits per heavy atom. The number of nitrogens with zero attached hydrogens (tertiary/aromatic N) is 3. The minimum atomic E-state index is -0.172. The number of thioether (sulfide) groups is 1. The second-order valence-corrected chi connectivity index (χ2v) is 5.49. The van der Waals surface area contributed by atoms with Gasteiger partial charge in [-0.25, -0.2) is 0 Å². The molecule has 0 aliphatic carbocycles. The summed E-state index contributed by atoms with van der Waals surface area (Å²) in [5.74, 6) is -0.216. The standard InChI is InChI=1S/C13H12N4O2S/c1-2-9-11(18)15-13(20-9)17-16-10-7-5-3-4-6-8(7)14-12(10)19/h3-6,9,14,19H,2H2,1H3. The van der Waals surface area contributed by atoms with E-state index >= 15 is 0 Å². The quantitative estimate of drug-likeness (QED) is 0.830. The first-order chi connectivity index (χ1) is 9.69. The first-order valence-electron chi connectivity index (χ1n) is 6.19. The van der Waals surface area contributed by atoms with E-state index in [0.29, 0.717) is 17.3 Å². The molecule has 2 heterocycles. The first-order valence-corrected chi connectivity index (χ1v) is 7.07. The second kappa shape index (κ2) is 5.09. The third kappa shape index (κ3) is 2.20. The molecular weight excluding hydrogens is 276 g/mol. The third-order valence-corrected chi connectivity index (χ3v) is 4.20. The highest BCUT2D eigenvalue weighted by Crippen LogP contribution is 2.36. The molecule has 1 aliphatic heterocycles. The lowest BCUT2D eigenvalue weighted by Crippen LogP contribution is -2.07. The zero-order valence-electron chi connectivity index (χ0n) is 10.7. The van der Waals surface area contributed by atoms with E-state index in [1.54, 1.807) is 0 Å². The molecule has 0 saturated carbocycles. The van der Waals surface area contributed by atoms with Crippen molar-refractivity contribution in [1.29, 1.82) is 0 Å². The molecule has 1 amide bonds. The molecule has 20 heavy (non-hydrogen) atoms. The summed E-state index contributed by atoms with van der Waals surface area (Å²) in [6.45, 7) is 1.93. The van der Waals surface area contributed by atoms with Crippen LogP contribution in [-0.2, 0) is 4.79 Å². The number of carbonyl (C=O) groups excluding carboxylic acids is 1. The lowest BCUT2D eigenvalue weighted by atomic mass is 10.2. The van der Waals surface area contributed by atoms with Crippen LogP contribution in [0, 0.1) is 0 Å². The summed E-state index contributed by atoms with van der Waals surface area (Å²) in [5, 5.41) is 18.8. The maximum Gasteiger partial charge on any atom is 0.261 e. The second-order valence-electron chi connectivity index (χ2n) is 4.32. The van der Waals surface area contributed by atoms with Gasteiger partial charge in [0.15, 0.2) is 5.69 Å². The van der Waals surface area contributed by atoms with Crippen LogP contribution in [-0.4, -0.2) is 26.4 Å². The van der Waals surface area contributed by atoms with Crippen molar-refractivity contribution >= 4 is 39.4 Å². The molecule has 1 aliphatic rings. The van der Waals surface area contributed by atoms with E-state index in [2.05, 4.69) is 20.2 Å². The summed E-state index contributed by atoms with van der Waals surface area (Å²) < 4.78 is 0. The molecule has 3 rings (SSSR count). The number of carbonyl (C=O) groups is 1. The van der Waals surface area contributed by atoms with E-state index in [0.717, 1.165) is 10.9 Å². The molecule has 0 saturated heterocycles. The van der Waals surface area contributed by atoms with Crippen molar-refractivity contribution in [3.8, 4) is 5.88 Å². The predicted octanol–water partition coefficient (Wildman–Crippen LogP) is 3.37. The number of aliphatic imine (C=N–C) groups is 1. The number of aromatic hydroxyl groups is 1. The van der Waals surface area contributed by atoms with Crippen molar-refractivity contribution in [3.63, 3.8) is 0 Å². The number of azo groups is 1. The highest BCUT2D eigenvalue weighted by molar-refractivity contribution is 8.15. The number of aromatic amines is 1. The van der Waals surface area contributed by atoms with Crippen molar-refractivity contribution in [2.75, 3.05) is 0 Å². The number of hydrogen-bond donors (Lipinski definition) is 2. The van der Waals surface area contributed by atoms with Gasteiger partial charge in [-0.05, 0) is 12.5 Å². The van der Waals surface area contributed by atoms with Gasteiger partial charge in [0.2, 0.25) is 11.0 Å². The normalized spacial score (nSPS) is 19.1. The van der Waals surface area contributed by atoms with Crippen LogP contribution in [0.25, 0.3) is 10.9 Å². The number of fused-ring (bicyclic) bond motifs is 1. The average Bonchev–Trinajstić information content (AvgIpc) is 2.96. The molecular formula is C13H12N4O2S. The van der Waals surface area contributed by atoms with Gasteiger partial charge in [0.25, 0.3) is 5.91 Å². The summed E-state index contributed by atoms with van der Waals surface area (Å²) in [7, 11) is 0. The number of amidine groups is 1. The fourth-order valence-electron chi connectivity index (χ4n) is 1.98. The Balaban J connectivity index is 1.91. The van der Waals surface area contributed by atoms with Crippen LogP contribution >= 0.6 is 11.8 Å². The fourth-order valence-corrected chi connectivity index (χ4v) is 2.79. The Bertz CT molecular complexity index is 735. The molecule has 1 aromatic carbocycles. The predicted molar refractivity (Wildman–Crippen MR) is 78.6 cm³/mol. The van der Waals surface area contributed by atoms with Gasteiger partial charge >= 0.3 is 0 Å². The maximum absolute atomic E-state index is 11.5. The largest absolute Gasteiger partial charge is 0.493 e. The monoisotopic (exact) mass is 288 g/mol. The highest BCUT2D eigenvalue weighted by Gasteiger charge is 2.26. The molecule has 2 N–H and O–H groups in total. The van der Waals surface area contributed by atoms with Crippen LogP contribution in [0.1, 0.15) is 13.3 Å². The van der Waals surface area contributed by atoms with Crippen molar-refractivity contribution in [1.82, 2.24) is 4.98 Å². The molecule has 1 atom stereocenters. The van der Waals surface area contributed by atoms with Crippen LogP contribution in [0.3, 0.4) is 0 Å². The van der Waals surface area contributed by atoms with E-state index < -0.39 is 0 Å². The SMILES string of the molecule is CCC1SC(N=Nc2c(O)[nH]c3ccccc23)=NC1=O. The number of rotatable bonds is 2. The molecule has 102 valence electrons. The Kier molecular flexibility index (Phi) is 3.27. The average molecular weight is 288 g/mol. The number of benzene rings is 1. The van der Waals surface area contributed by atoms with Gasteiger partial charge in [0.05, 0.1) is 10.8 Å². The summed E-state index contributed by atoms with van der Waals surface area (Å²) >= 11 is 1.30. The zero-order chi connectivity index (χ0) is 14.1. The van der Waals surface area contributed by atoms with Crippen molar-refractivity contribution in [2.24, 2.45) is 15.2 Å². The molecule has 7 heteroatoms. The number of aromatic nitrogens is 1. The van der Waals surface area contributed by atoms with Crippen LogP contribution < -0.4 is 0 Å². The molecule has 6 nitrogen and oxygen atoms in total. The molecule has 0 spiro atoms. The fraction of sp³-hybridized carbons (Fsp3) is 0.231. The molecule has 1 aromatic heterocycles. The van der Waals surface area contributed by atoms with Crippen molar-refractivity contribution < 1.29 is 9.90 Å². The number of H-pyrrole nitrogens is 1. The van der Waals surface area contributed by atoms with Gasteiger partial charge in [-0.1, -0.05) is 36.9 Å². The van der Waals surface area contributed by atoms with E-state index in [1.807, 2.05) is 31.2 Å². The maximum atomic E-state index is 11.5. The summed E-state index contributed by atoms with van der Waals surface area (Å²) in [5.41, 5.74) is 1.14. The number of hydrogen-bond acceptors (Lipinski definition) is 5. The van der Waals surface area contributed by atoms with Gasteiger partial charge in [0.1, 0.15) is 0 Å². The van der Waals surface area contributed by atoms with Gasteiger partial charge in [0, 0.05) is 5.39 Å². The Hall–Kier alpha value is -2.15. The molecule has 0 fully saturated rings. The smallest absolute Gasteiger partial charge is 0.261 e. The van der Waals surface area contributed by atoms with Gasteiger partial charge < -0.3 is 10.1 Å². The lowest BCUT2D eigenvalue weighted by molar-refractivity contribution is -0.117. The third-order valence-electron chi connectivity index (χ3n) is 2.99. The Morgan fingerprint density at radius 3 is 2.95 bits per heavy atom. The van der Waals surface area contributed by atoms with Gasteiger partial charge in [-0.3, -0.25) is 4.79 Å². The van der Waals surface area contributed by atoms with Crippen molar-refractivity contribution in [2.45, 2.75) is 18.6 Å². The highest BCUT2D eigenvalue weighted by atomic mass is 32.2. The Labute approximate surface area is 119 Å². The van der Waals surface area contributed by atoms with Gasteiger partial charge in [-0.2, -0.15) is 4.99 Å². The number of nitrogens with one attached hydrogen (secondary N) is 1. The topological polar surface area (TPSA) is 90.2 Å². The van der Waals surface area contributed by atoms with Crippen LogP contribution in [0.5, 0.6) is 5.88 Å². The van der Waals surface area contributed by atoms with E-state index in [-0.39, 0.29) is 17.0 Å². The summed E-state index contributed by atoms with van der Waals surface area (Å²) in [6.07, 6.45) is 0.713. The van der Waals surface area contributed by atoms with E-state index in [1.165, 1.54) is 11.8 Å². The molecule has 1 unspecified atom stereocenters. The Morgan fingerprint density at radius 2 is 2.20 bits per heavy atom. The minimum absolute atomic E-state index is 0.0445. The molecule has 0 bridgehead atoms. The lowest BCUT2D eigenvalue weighted by Gasteiger charge is -1.97. The van der Waals surface area contributed by atoms with Crippen LogP contribution in [0.4, 0.5) is 5.69 Å². The molecule has 2 aromatic rings. The van der Waals surface area contributed by atoms with Crippen molar-refractivity contribution in [3.05, 3.63) is 24.3 Å². The molecule has 0 radical (unpaired) electrons. The minimum Gasteiger partial charge on any atom is -0.493 e. The summed E-state index contributed by atoms with van der Waals surface area (Å²) in [6, 6.07) is 7.39. The van der Waals surface area contributed by atoms with E-state index in [9.17, 15) is 9.90 Å². The summed E-state index contributed by atoms with van der Waals surface area (Å²) in [4.78, 5) is 18.1. The van der Waals surface area contributed by atoms with Gasteiger partial charge in [-0.15, -0.1) is 10.2 Å². The zero-order valence-corrected chi connectivity index (χ0v) is 11.5.